The SMILES string of the molecule is C=CCC(C)(OC(=O)OCC)C(C)=O. The highest BCUT2D eigenvalue weighted by molar-refractivity contribution is 5.86. The van der Waals surface area contributed by atoms with Gasteiger partial charge in [0.2, 0.25) is 0 Å². The van der Waals surface area contributed by atoms with Crippen LogP contribution in [0, 0.1) is 0 Å². The van der Waals surface area contributed by atoms with E-state index in [1.165, 1.54) is 19.9 Å². The molecule has 0 heterocycles. The molecule has 0 spiro atoms. The second-order valence-electron chi connectivity index (χ2n) is 3.06. The molecule has 0 aliphatic heterocycles. The molecule has 0 radical (unpaired) electrons. The Hall–Kier alpha value is -1.32. The Kier molecular flexibility index (Phi) is 4.91. The number of carbonyl (C=O) groups is 2. The summed E-state index contributed by atoms with van der Waals surface area (Å²) in [7, 11) is 0. The molecule has 0 aliphatic rings. The first-order valence-corrected chi connectivity index (χ1v) is 4.44. The van der Waals surface area contributed by atoms with E-state index in [-0.39, 0.29) is 18.8 Å². The molecule has 0 aromatic rings. The molecule has 0 fully saturated rings. The van der Waals surface area contributed by atoms with Crippen LogP contribution in [0.5, 0.6) is 0 Å². The molecule has 0 aliphatic carbocycles. The van der Waals surface area contributed by atoms with E-state index in [9.17, 15) is 9.59 Å². The minimum Gasteiger partial charge on any atom is -0.435 e. The van der Waals surface area contributed by atoms with E-state index in [1.54, 1.807) is 6.92 Å². The van der Waals surface area contributed by atoms with Crippen LogP contribution in [0.4, 0.5) is 4.79 Å². The Morgan fingerprint density at radius 2 is 2.07 bits per heavy atom. The molecule has 0 N–H and O–H groups in total. The van der Waals surface area contributed by atoms with E-state index >= 15 is 0 Å². The second kappa shape index (κ2) is 5.42. The molecule has 1 atom stereocenters. The molecular formula is C10H16O4. The molecule has 80 valence electrons. The number of ketones is 1. The quantitative estimate of drug-likeness (QED) is 0.503. The van der Waals surface area contributed by atoms with Crippen LogP contribution in [-0.4, -0.2) is 24.1 Å². The first-order valence-electron chi connectivity index (χ1n) is 4.44. The van der Waals surface area contributed by atoms with E-state index in [0.717, 1.165) is 0 Å². The van der Waals surface area contributed by atoms with Gasteiger partial charge in [0.15, 0.2) is 11.4 Å². The van der Waals surface area contributed by atoms with Crippen molar-refractivity contribution in [2.45, 2.75) is 32.8 Å². The number of carbonyl (C=O) groups excluding carboxylic acids is 2. The number of Topliss-reactive ketones (excluding diaryl/α,β-unsaturated/α-hetero) is 1. The summed E-state index contributed by atoms with van der Waals surface area (Å²) in [4.78, 5) is 22.2. The van der Waals surface area contributed by atoms with Gasteiger partial charge in [0.1, 0.15) is 0 Å². The average molecular weight is 200 g/mol. The molecule has 0 amide bonds. The van der Waals surface area contributed by atoms with Gasteiger partial charge in [0.05, 0.1) is 6.61 Å². The zero-order valence-electron chi connectivity index (χ0n) is 8.83. The van der Waals surface area contributed by atoms with Gasteiger partial charge in [-0.2, -0.15) is 0 Å². The van der Waals surface area contributed by atoms with Gasteiger partial charge in [-0.1, -0.05) is 6.08 Å². The molecule has 4 heteroatoms. The van der Waals surface area contributed by atoms with Gasteiger partial charge in [-0.05, 0) is 20.8 Å². The van der Waals surface area contributed by atoms with Crippen molar-refractivity contribution in [2.75, 3.05) is 6.61 Å². The van der Waals surface area contributed by atoms with Crippen molar-refractivity contribution in [1.82, 2.24) is 0 Å². The minimum absolute atomic E-state index is 0.223. The third-order valence-corrected chi connectivity index (χ3v) is 1.85. The summed E-state index contributed by atoms with van der Waals surface area (Å²) in [6.07, 6.45) is 0.981. The van der Waals surface area contributed by atoms with Gasteiger partial charge in [-0.15, -0.1) is 6.58 Å². The van der Waals surface area contributed by atoms with E-state index in [0.29, 0.717) is 0 Å². The maximum atomic E-state index is 11.2. The van der Waals surface area contributed by atoms with Crippen molar-refractivity contribution < 1.29 is 19.1 Å². The summed E-state index contributed by atoms with van der Waals surface area (Å²) in [5, 5.41) is 0. The van der Waals surface area contributed by atoms with Gasteiger partial charge in [0, 0.05) is 6.42 Å². The van der Waals surface area contributed by atoms with Crippen LogP contribution in [0.15, 0.2) is 12.7 Å². The van der Waals surface area contributed by atoms with Gasteiger partial charge < -0.3 is 9.47 Å². The Bertz CT molecular complexity index is 234. The summed E-state index contributed by atoms with van der Waals surface area (Å²) in [5.41, 5.74) is -1.16. The molecule has 1 unspecified atom stereocenters. The maximum absolute atomic E-state index is 11.2. The summed E-state index contributed by atoms with van der Waals surface area (Å²) in [5.74, 6) is -0.231. The van der Waals surface area contributed by atoms with Crippen LogP contribution in [0.25, 0.3) is 0 Å². The molecular weight excluding hydrogens is 184 g/mol. The van der Waals surface area contributed by atoms with Crippen LogP contribution in [0.1, 0.15) is 27.2 Å². The van der Waals surface area contributed by atoms with Crippen LogP contribution in [0.2, 0.25) is 0 Å². The first kappa shape index (κ1) is 12.7. The Balaban J connectivity index is 4.43. The molecule has 4 nitrogen and oxygen atoms in total. The zero-order valence-corrected chi connectivity index (χ0v) is 8.83. The summed E-state index contributed by atoms with van der Waals surface area (Å²) in [6.45, 7) is 8.29. The highest BCUT2D eigenvalue weighted by Crippen LogP contribution is 2.18. The normalized spacial score (nSPS) is 13.9. The van der Waals surface area contributed by atoms with Crippen molar-refractivity contribution in [3.63, 3.8) is 0 Å². The van der Waals surface area contributed by atoms with E-state index in [2.05, 4.69) is 11.3 Å². The predicted molar refractivity (Wildman–Crippen MR) is 52.0 cm³/mol. The number of hydrogen-bond acceptors (Lipinski definition) is 4. The fourth-order valence-corrected chi connectivity index (χ4v) is 0.864. The van der Waals surface area contributed by atoms with Gasteiger partial charge in [0.25, 0.3) is 0 Å². The first-order chi connectivity index (χ1) is 6.46. The topological polar surface area (TPSA) is 52.6 Å². The third kappa shape index (κ3) is 3.60. The van der Waals surface area contributed by atoms with Crippen molar-refractivity contribution >= 4 is 11.9 Å². The van der Waals surface area contributed by atoms with Crippen molar-refractivity contribution in [1.29, 1.82) is 0 Å². The van der Waals surface area contributed by atoms with Crippen LogP contribution >= 0.6 is 0 Å². The van der Waals surface area contributed by atoms with E-state index in [4.69, 9.17) is 4.74 Å². The molecule has 0 saturated heterocycles. The Morgan fingerprint density at radius 3 is 2.43 bits per heavy atom. The van der Waals surface area contributed by atoms with Crippen molar-refractivity contribution in [2.24, 2.45) is 0 Å². The monoisotopic (exact) mass is 200 g/mol. The highest BCUT2D eigenvalue weighted by Gasteiger charge is 2.33. The van der Waals surface area contributed by atoms with Crippen LogP contribution in [-0.2, 0) is 14.3 Å². The number of rotatable bonds is 5. The van der Waals surface area contributed by atoms with E-state index in [1.807, 2.05) is 0 Å². The van der Waals surface area contributed by atoms with Gasteiger partial charge in [-0.3, -0.25) is 4.79 Å². The standard InChI is InChI=1S/C10H16O4/c1-5-7-10(4,8(3)11)14-9(12)13-6-2/h5H,1,6-7H2,2-4H3. The highest BCUT2D eigenvalue weighted by atomic mass is 16.7. The van der Waals surface area contributed by atoms with Crippen molar-refractivity contribution in [3.05, 3.63) is 12.7 Å². The van der Waals surface area contributed by atoms with E-state index < -0.39 is 11.8 Å². The molecule has 0 rings (SSSR count). The molecule has 14 heavy (non-hydrogen) atoms. The van der Waals surface area contributed by atoms with Crippen LogP contribution in [0.3, 0.4) is 0 Å². The average Bonchev–Trinajstić information content (AvgIpc) is 2.04. The fourth-order valence-electron chi connectivity index (χ4n) is 0.864. The lowest BCUT2D eigenvalue weighted by Crippen LogP contribution is -2.38. The largest absolute Gasteiger partial charge is 0.509 e. The van der Waals surface area contributed by atoms with Crippen LogP contribution < -0.4 is 0 Å². The van der Waals surface area contributed by atoms with Gasteiger partial charge in [-0.25, -0.2) is 4.79 Å². The molecule has 0 aromatic heterocycles. The number of hydrogen-bond donors (Lipinski definition) is 0. The smallest absolute Gasteiger partial charge is 0.435 e. The lowest BCUT2D eigenvalue weighted by molar-refractivity contribution is -0.136. The molecule has 0 bridgehead atoms. The lowest BCUT2D eigenvalue weighted by atomic mass is 9.98. The van der Waals surface area contributed by atoms with Gasteiger partial charge >= 0.3 is 6.16 Å². The molecule has 0 aromatic carbocycles. The fraction of sp³-hybridized carbons (Fsp3) is 0.600. The second-order valence-corrected chi connectivity index (χ2v) is 3.06. The lowest BCUT2D eigenvalue weighted by Gasteiger charge is -2.24. The third-order valence-electron chi connectivity index (χ3n) is 1.85. The Morgan fingerprint density at radius 1 is 1.50 bits per heavy atom. The summed E-state index contributed by atoms with van der Waals surface area (Å²) >= 11 is 0. The predicted octanol–water partition coefficient (Wildman–Crippen LogP) is 2.08. The maximum Gasteiger partial charge on any atom is 0.509 e. The minimum atomic E-state index is -1.16. The zero-order chi connectivity index (χ0) is 11.2. The van der Waals surface area contributed by atoms with Crippen molar-refractivity contribution in [3.8, 4) is 0 Å². The molecule has 0 saturated carbocycles. The Labute approximate surface area is 83.9 Å². The summed E-state index contributed by atoms with van der Waals surface area (Å²) in [6, 6.07) is 0. The summed E-state index contributed by atoms with van der Waals surface area (Å²) < 4.78 is 9.48. The number of ether oxygens (including phenoxy) is 2.